The first kappa shape index (κ1) is 11.9. The Balaban J connectivity index is 2.26. The van der Waals surface area contributed by atoms with E-state index in [4.69, 9.17) is 23.1 Å². The van der Waals surface area contributed by atoms with E-state index in [0.29, 0.717) is 0 Å². The first-order valence-electron chi connectivity index (χ1n) is 5.47. The molecule has 0 spiro atoms. The van der Waals surface area contributed by atoms with Crippen LogP contribution in [-0.4, -0.2) is 33.9 Å². The van der Waals surface area contributed by atoms with Gasteiger partial charge in [0, 0.05) is 13.1 Å². The number of nitrogens with zero attached hydrogens (tertiary/aromatic N) is 3. The van der Waals surface area contributed by atoms with E-state index in [1.165, 1.54) is 0 Å². The van der Waals surface area contributed by atoms with Crippen LogP contribution in [0.25, 0.3) is 0 Å². The van der Waals surface area contributed by atoms with E-state index in [1.54, 1.807) is 4.90 Å². The molecule has 1 aromatic heterocycles. The van der Waals surface area contributed by atoms with Crippen molar-refractivity contribution in [2.75, 3.05) is 24.6 Å². The minimum absolute atomic E-state index is 0.0135. The molecule has 2 rings (SSSR count). The molecule has 1 aromatic rings. The van der Waals surface area contributed by atoms with Crippen LogP contribution in [0.4, 0.5) is 11.6 Å². The number of carbonyl (C=O) groups is 1. The molecule has 1 fully saturated rings. The van der Waals surface area contributed by atoms with Crippen LogP contribution in [0.3, 0.4) is 0 Å². The SMILES string of the molecule is Nc1nc(N)c(C(=O)N2CCCCC2)nc1Cl. The highest BCUT2D eigenvalue weighted by molar-refractivity contribution is 6.31. The summed E-state index contributed by atoms with van der Waals surface area (Å²) in [6.07, 6.45) is 3.15. The van der Waals surface area contributed by atoms with Crippen LogP contribution >= 0.6 is 11.6 Å². The summed E-state index contributed by atoms with van der Waals surface area (Å²) < 4.78 is 0. The van der Waals surface area contributed by atoms with Gasteiger partial charge in [-0.05, 0) is 19.3 Å². The number of nitrogens with two attached hydrogens (primary N) is 2. The summed E-state index contributed by atoms with van der Waals surface area (Å²) >= 11 is 5.74. The molecule has 0 bridgehead atoms. The molecule has 0 aromatic carbocycles. The van der Waals surface area contributed by atoms with Gasteiger partial charge in [-0.15, -0.1) is 0 Å². The zero-order chi connectivity index (χ0) is 12.4. The minimum atomic E-state index is -0.225. The van der Waals surface area contributed by atoms with Gasteiger partial charge in [0.2, 0.25) is 0 Å². The van der Waals surface area contributed by atoms with Gasteiger partial charge >= 0.3 is 0 Å². The maximum atomic E-state index is 12.1. The third-order valence-electron chi connectivity index (χ3n) is 2.75. The molecule has 0 saturated carbocycles. The first-order chi connectivity index (χ1) is 8.09. The van der Waals surface area contributed by atoms with E-state index in [2.05, 4.69) is 9.97 Å². The highest BCUT2D eigenvalue weighted by atomic mass is 35.5. The third-order valence-corrected chi connectivity index (χ3v) is 3.03. The third kappa shape index (κ3) is 2.41. The summed E-state index contributed by atoms with van der Waals surface area (Å²) in [6, 6.07) is 0. The zero-order valence-electron chi connectivity index (χ0n) is 9.32. The molecule has 0 aliphatic carbocycles. The lowest BCUT2D eigenvalue weighted by atomic mass is 10.1. The second-order valence-corrected chi connectivity index (χ2v) is 4.34. The summed E-state index contributed by atoms with van der Waals surface area (Å²) in [4.78, 5) is 21.6. The monoisotopic (exact) mass is 255 g/mol. The first-order valence-corrected chi connectivity index (χ1v) is 5.85. The molecular weight excluding hydrogens is 242 g/mol. The summed E-state index contributed by atoms with van der Waals surface area (Å²) in [5.74, 6) is -0.154. The quantitative estimate of drug-likeness (QED) is 0.778. The predicted octanol–water partition coefficient (Wildman–Crippen LogP) is 0.920. The van der Waals surface area contributed by atoms with Gasteiger partial charge in [0.05, 0.1) is 0 Å². The predicted molar refractivity (Wildman–Crippen MR) is 65.6 cm³/mol. The van der Waals surface area contributed by atoms with Crippen molar-refractivity contribution in [3.05, 3.63) is 10.8 Å². The molecule has 92 valence electrons. The number of rotatable bonds is 1. The van der Waals surface area contributed by atoms with Crippen LogP contribution in [0.1, 0.15) is 29.8 Å². The van der Waals surface area contributed by atoms with Gasteiger partial charge in [0.15, 0.2) is 22.5 Å². The van der Waals surface area contributed by atoms with E-state index in [9.17, 15) is 4.79 Å². The van der Waals surface area contributed by atoms with Crippen LogP contribution in [-0.2, 0) is 0 Å². The van der Waals surface area contributed by atoms with Crippen molar-refractivity contribution in [2.24, 2.45) is 0 Å². The maximum absolute atomic E-state index is 12.1. The largest absolute Gasteiger partial charge is 0.382 e. The minimum Gasteiger partial charge on any atom is -0.382 e. The molecule has 4 N–H and O–H groups in total. The highest BCUT2D eigenvalue weighted by Crippen LogP contribution is 2.20. The van der Waals surface area contributed by atoms with Gasteiger partial charge < -0.3 is 16.4 Å². The molecule has 1 saturated heterocycles. The number of hydrogen-bond donors (Lipinski definition) is 2. The lowest BCUT2D eigenvalue weighted by molar-refractivity contribution is 0.0719. The van der Waals surface area contributed by atoms with Gasteiger partial charge in [0.25, 0.3) is 5.91 Å². The maximum Gasteiger partial charge on any atom is 0.276 e. The fraction of sp³-hybridized carbons (Fsp3) is 0.500. The average Bonchev–Trinajstić information content (AvgIpc) is 2.34. The topological polar surface area (TPSA) is 98.1 Å². The van der Waals surface area contributed by atoms with Crippen LogP contribution in [0.15, 0.2) is 0 Å². The van der Waals surface area contributed by atoms with E-state index in [0.717, 1.165) is 32.4 Å². The Bertz CT molecular complexity index is 445. The summed E-state index contributed by atoms with van der Waals surface area (Å²) in [5.41, 5.74) is 11.2. The van der Waals surface area contributed by atoms with Crippen molar-refractivity contribution in [2.45, 2.75) is 19.3 Å². The Morgan fingerprint density at radius 3 is 2.41 bits per heavy atom. The van der Waals surface area contributed by atoms with Crippen LogP contribution in [0, 0.1) is 0 Å². The standard InChI is InChI=1S/C10H14ClN5O/c11-7-9(13)15-8(12)6(14-7)10(17)16-4-2-1-3-5-16/h1-5H2,(H4,12,13,15). The number of anilines is 2. The number of aromatic nitrogens is 2. The van der Waals surface area contributed by atoms with Gasteiger partial charge in [-0.2, -0.15) is 0 Å². The molecule has 1 aliphatic heterocycles. The Hall–Kier alpha value is -1.56. The molecule has 17 heavy (non-hydrogen) atoms. The molecule has 0 radical (unpaired) electrons. The van der Waals surface area contributed by atoms with Crippen molar-refractivity contribution < 1.29 is 4.79 Å². The van der Waals surface area contributed by atoms with Crippen molar-refractivity contribution in [1.82, 2.24) is 14.9 Å². The molecule has 0 atom stereocenters. The van der Waals surface area contributed by atoms with Crippen LogP contribution in [0.5, 0.6) is 0 Å². The van der Waals surface area contributed by atoms with E-state index in [-0.39, 0.29) is 28.4 Å². The van der Waals surface area contributed by atoms with Gasteiger partial charge in [-0.1, -0.05) is 11.6 Å². The molecule has 6 nitrogen and oxygen atoms in total. The number of hydrogen-bond acceptors (Lipinski definition) is 5. The van der Waals surface area contributed by atoms with Crippen molar-refractivity contribution in [3.8, 4) is 0 Å². The number of piperidine rings is 1. The lowest BCUT2D eigenvalue weighted by Crippen LogP contribution is -2.36. The fourth-order valence-electron chi connectivity index (χ4n) is 1.85. The van der Waals surface area contributed by atoms with Gasteiger partial charge in [-0.25, -0.2) is 9.97 Å². The molecule has 1 aliphatic rings. The summed E-state index contributed by atoms with van der Waals surface area (Å²) in [6.45, 7) is 1.45. The normalized spacial score (nSPS) is 15.9. The molecule has 0 unspecified atom stereocenters. The second-order valence-electron chi connectivity index (χ2n) is 3.99. The fourth-order valence-corrected chi connectivity index (χ4v) is 1.97. The van der Waals surface area contributed by atoms with Gasteiger partial charge in [0.1, 0.15) is 0 Å². The van der Waals surface area contributed by atoms with E-state index in [1.807, 2.05) is 0 Å². The zero-order valence-corrected chi connectivity index (χ0v) is 10.1. The Morgan fingerprint density at radius 1 is 1.12 bits per heavy atom. The lowest BCUT2D eigenvalue weighted by Gasteiger charge is -2.26. The smallest absolute Gasteiger partial charge is 0.276 e. The molecular formula is C10H14ClN5O. The van der Waals surface area contributed by atoms with Crippen molar-refractivity contribution >= 4 is 29.1 Å². The van der Waals surface area contributed by atoms with Crippen molar-refractivity contribution in [1.29, 1.82) is 0 Å². The highest BCUT2D eigenvalue weighted by Gasteiger charge is 2.23. The van der Waals surface area contributed by atoms with Crippen LogP contribution in [0.2, 0.25) is 5.15 Å². The van der Waals surface area contributed by atoms with Crippen LogP contribution < -0.4 is 11.5 Å². The van der Waals surface area contributed by atoms with E-state index < -0.39 is 0 Å². The number of likely N-dealkylation sites (tertiary alicyclic amines) is 1. The second kappa shape index (κ2) is 4.75. The van der Waals surface area contributed by atoms with Gasteiger partial charge in [-0.3, -0.25) is 4.79 Å². The Labute approximate surface area is 104 Å². The molecule has 1 amide bonds. The average molecular weight is 256 g/mol. The number of halogens is 1. The summed E-state index contributed by atoms with van der Waals surface area (Å²) in [5, 5.41) is 0.0135. The summed E-state index contributed by atoms with van der Waals surface area (Å²) in [7, 11) is 0. The molecule has 7 heteroatoms. The number of carbonyl (C=O) groups excluding carboxylic acids is 1. The Morgan fingerprint density at radius 2 is 1.76 bits per heavy atom. The van der Waals surface area contributed by atoms with E-state index >= 15 is 0 Å². The Kier molecular flexibility index (Phi) is 3.33. The number of nitrogen functional groups attached to an aromatic ring is 2. The van der Waals surface area contributed by atoms with Crippen molar-refractivity contribution in [3.63, 3.8) is 0 Å². The number of amides is 1. The molecule has 2 heterocycles.